The van der Waals surface area contributed by atoms with Crippen LogP contribution in [0.5, 0.6) is 0 Å². The standard InChI is InChI=1S/C17H22N2O4/c1-4-8-15(19-13(3)20)16(21)18-12(2)17(22)23-11-14-9-6-5-7-10-14/h4-7,9-10,12,15H,1,8,11H2,2-3H3,(H,18,21)(H,19,20). The van der Waals surface area contributed by atoms with Gasteiger partial charge in [-0.05, 0) is 18.9 Å². The molecule has 6 nitrogen and oxygen atoms in total. The molecule has 0 aliphatic rings. The Morgan fingerprint density at radius 2 is 1.87 bits per heavy atom. The first-order chi connectivity index (χ1) is 10.9. The normalized spacial score (nSPS) is 12.6. The highest BCUT2D eigenvalue weighted by Gasteiger charge is 2.23. The van der Waals surface area contributed by atoms with Crippen LogP contribution in [0, 0.1) is 0 Å². The maximum absolute atomic E-state index is 12.1. The van der Waals surface area contributed by atoms with Gasteiger partial charge in [0.2, 0.25) is 11.8 Å². The number of rotatable bonds is 8. The number of carbonyl (C=O) groups is 3. The maximum Gasteiger partial charge on any atom is 0.328 e. The summed E-state index contributed by atoms with van der Waals surface area (Å²) in [5, 5.41) is 5.04. The molecule has 2 amide bonds. The van der Waals surface area contributed by atoms with E-state index in [1.807, 2.05) is 30.3 Å². The quantitative estimate of drug-likeness (QED) is 0.559. The Balaban J connectivity index is 2.50. The molecule has 0 saturated carbocycles. The lowest BCUT2D eigenvalue weighted by atomic mass is 10.1. The number of nitrogens with one attached hydrogen (secondary N) is 2. The van der Waals surface area contributed by atoms with E-state index in [2.05, 4.69) is 17.2 Å². The zero-order valence-corrected chi connectivity index (χ0v) is 13.4. The van der Waals surface area contributed by atoms with Crippen molar-refractivity contribution in [2.24, 2.45) is 0 Å². The Morgan fingerprint density at radius 3 is 2.43 bits per heavy atom. The Kier molecular flexibility index (Phi) is 7.53. The number of hydrogen-bond acceptors (Lipinski definition) is 4. The number of hydrogen-bond donors (Lipinski definition) is 2. The summed E-state index contributed by atoms with van der Waals surface area (Å²) < 4.78 is 5.15. The zero-order valence-electron chi connectivity index (χ0n) is 13.4. The lowest BCUT2D eigenvalue weighted by Crippen LogP contribution is -2.50. The number of esters is 1. The molecule has 2 unspecified atom stereocenters. The predicted molar refractivity (Wildman–Crippen MR) is 86.3 cm³/mol. The van der Waals surface area contributed by atoms with Crippen molar-refractivity contribution in [1.82, 2.24) is 10.6 Å². The Bertz CT molecular complexity index is 557. The summed E-state index contributed by atoms with van der Waals surface area (Å²) in [7, 11) is 0. The van der Waals surface area contributed by atoms with E-state index in [9.17, 15) is 14.4 Å². The first-order valence-corrected chi connectivity index (χ1v) is 7.33. The third-order valence-electron chi connectivity index (χ3n) is 3.03. The summed E-state index contributed by atoms with van der Waals surface area (Å²) in [6, 6.07) is 7.68. The molecule has 2 N–H and O–H groups in total. The van der Waals surface area contributed by atoms with E-state index in [1.54, 1.807) is 0 Å². The van der Waals surface area contributed by atoms with E-state index in [4.69, 9.17) is 4.74 Å². The van der Waals surface area contributed by atoms with Gasteiger partial charge in [-0.25, -0.2) is 4.79 Å². The first kappa shape index (κ1) is 18.4. The van der Waals surface area contributed by atoms with Crippen LogP contribution in [0.4, 0.5) is 0 Å². The lowest BCUT2D eigenvalue weighted by Gasteiger charge is -2.19. The average Bonchev–Trinajstić information content (AvgIpc) is 2.52. The Labute approximate surface area is 135 Å². The molecule has 0 aromatic heterocycles. The molecule has 0 radical (unpaired) electrons. The molecule has 1 aromatic rings. The van der Waals surface area contributed by atoms with Crippen LogP contribution in [0.2, 0.25) is 0 Å². The minimum atomic E-state index is -0.813. The zero-order chi connectivity index (χ0) is 17.2. The second-order valence-electron chi connectivity index (χ2n) is 5.10. The van der Waals surface area contributed by atoms with Crippen molar-refractivity contribution in [3.63, 3.8) is 0 Å². The highest BCUT2D eigenvalue weighted by atomic mass is 16.5. The summed E-state index contributed by atoms with van der Waals surface area (Å²) in [6.45, 7) is 6.54. The second kappa shape index (κ2) is 9.40. The number of benzene rings is 1. The van der Waals surface area contributed by atoms with Crippen LogP contribution in [0.3, 0.4) is 0 Å². The monoisotopic (exact) mass is 318 g/mol. The topological polar surface area (TPSA) is 84.5 Å². The number of amides is 2. The number of carbonyl (C=O) groups excluding carboxylic acids is 3. The van der Waals surface area contributed by atoms with Gasteiger partial charge in [0.1, 0.15) is 18.7 Å². The summed E-state index contributed by atoms with van der Waals surface area (Å²) in [4.78, 5) is 35.1. The minimum Gasteiger partial charge on any atom is -0.459 e. The van der Waals surface area contributed by atoms with Crippen molar-refractivity contribution in [2.45, 2.75) is 39.0 Å². The highest BCUT2D eigenvalue weighted by molar-refractivity contribution is 5.90. The second-order valence-corrected chi connectivity index (χ2v) is 5.10. The summed E-state index contributed by atoms with van der Waals surface area (Å²) >= 11 is 0. The molecule has 124 valence electrons. The Morgan fingerprint density at radius 1 is 1.22 bits per heavy atom. The molecule has 0 bridgehead atoms. The largest absolute Gasteiger partial charge is 0.459 e. The van der Waals surface area contributed by atoms with Crippen LogP contribution >= 0.6 is 0 Å². The minimum absolute atomic E-state index is 0.141. The molecule has 0 spiro atoms. The third kappa shape index (κ3) is 6.78. The van der Waals surface area contributed by atoms with E-state index in [0.717, 1.165) is 5.56 Å². The van der Waals surface area contributed by atoms with Gasteiger partial charge in [-0.15, -0.1) is 6.58 Å². The van der Waals surface area contributed by atoms with Gasteiger partial charge in [0.25, 0.3) is 0 Å². The average molecular weight is 318 g/mol. The Hall–Kier alpha value is -2.63. The maximum atomic E-state index is 12.1. The van der Waals surface area contributed by atoms with Crippen LogP contribution in [0.1, 0.15) is 25.8 Å². The molecule has 2 atom stereocenters. The van der Waals surface area contributed by atoms with Crippen molar-refractivity contribution in [3.8, 4) is 0 Å². The molecule has 6 heteroatoms. The molecule has 0 aliphatic carbocycles. The molecule has 1 rings (SSSR count). The summed E-state index contributed by atoms with van der Waals surface area (Å²) in [5.74, 6) is -1.32. The van der Waals surface area contributed by atoms with Gasteiger partial charge in [-0.3, -0.25) is 9.59 Å². The predicted octanol–water partition coefficient (Wildman–Crippen LogP) is 1.32. The lowest BCUT2D eigenvalue weighted by molar-refractivity contribution is -0.148. The SMILES string of the molecule is C=CCC(NC(C)=O)C(=O)NC(C)C(=O)OCc1ccccc1. The van der Waals surface area contributed by atoms with Crippen molar-refractivity contribution >= 4 is 17.8 Å². The fourth-order valence-corrected chi connectivity index (χ4v) is 1.87. The first-order valence-electron chi connectivity index (χ1n) is 7.33. The fourth-order valence-electron chi connectivity index (χ4n) is 1.87. The van der Waals surface area contributed by atoms with Gasteiger partial charge in [-0.1, -0.05) is 36.4 Å². The van der Waals surface area contributed by atoms with E-state index < -0.39 is 24.0 Å². The van der Waals surface area contributed by atoms with Crippen LogP contribution in [-0.2, 0) is 25.7 Å². The number of ether oxygens (including phenoxy) is 1. The third-order valence-corrected chi connectivity index (χ3v) is 3.03. The molecule has 0 fully saturated rings. The van der Waals surface area contributed by atoms with Crippen molar-refractivity contribution in [3.05, 3.63) is 48.6 Å². The molecule has 0 aliphatic heterocycles. The van der Waals surface area contributed by atoms with E-state index in [-0.39, 0.29) is 18.9 Å². The van der Waals surface area contributed by atoms with Crippen LogP contribution < -0.4 is 10.6 Å². The van der Waals surface area contributed by atoms with Gasteiger partial charge in [-0.2, -0.15) is 0 Å². The summed E-state index contributed by atoms with van der Waals surface area (Å²) in [5.41, 5.74) is 0.863. The smallest absolute Gasteiger partial charge is 0.328 e. The van der Waals surface area contributed by atoms with Gasteiger partial charge in [0.05, 0.1) is 0 Å². The van der Waals surface area contributed by atoms with Gasteiger partial charge in [0, 0.05) is 6.92 Å². The molecule has 0 heterocycles. The molecule has 23 heavy (non-hydrogen) atoms. The molecular weight excluding hydrogens is 296 g/mol. The fraction of sp³-hybridized carbons (Fsp3) is 0.353. The summed E-state index contributed by atoms with van der Waals surface area (Å²) in [6.07, 6.45) is 1.80. The molecular formula is C17H22N2O4. The van der Waals surface area contributed by atoms with Crippen molar-refractivity contribution in [2.75, 3.05) is 0 Å². The molecule has 1 aromatic carbocycles. The highest BCUT2D eigenvalue weighted by Crippen LogP contribution is 2.02. The van der Waals surface area contributed by atoms with Crippen LogP contribution in [0.15, 0.2) is 43.0 Å². The van der Waals surface area contributed by atoms with E-state index in [1.165, 1.54) is 19.9 Å². The van der Waals surface area contributed by atoms with Gasteiger partial charge in [0.15, 0.2) is 0 Å². The van der Waals surface area contributed by atoms with E-state index in [0.29, 0.717) is 0 Å². The van der Waals surface area contributed by atoms with Crippen molar-refractivity contribution in [1.29, 1.82) is 0 Å². The van der Waals surface area contributed by atoms with Crippen LogP contribution in [0.25, 0.3) is 0 Å². The van der Waals surface area contributed by atoms with E-state index >= 15 is 0 Å². The van der Waals surface area contributed by atoms with Gasteiger partial charge >= 0.3 is 5.97 Å². The van der Waals surface area contributed by atoms with Gasteiger partial charge < -0.3 is 15.4 Å². The van der Waals surface area contributed by atoms with Crippen LogP contribution in [-0.4, -0.2) is 29.9 Å². The molecule has 0 saturated heterocycles. The van der Waals surface area contributed by atoms with Crippen molar-refractivity contribution < 1.29 is 19.1 Å².